The molecular weight excluding hydrogens is 374 g/mol. The first-order valence-corrected chi connectivity index (χ1v) is 10.2. The van der Waals surface area contributed by atoms with Crippen molar-refractivity contribution in [1.29, 1.82) is 0 Å². The van der Waals surface area contributed by atoms with Crippen LogP contribution in [0.4, 0.5) is 0 Å². The van der Waals surface area contributed by atoms with Crippen molar-refractivity contribution in [2.24, 2.45) is 0 Å². The van der Waals surface area contributed by atoms with Crippen molar-refractivity contribution < 1.29 is 22.7 Å². The predicted octanol–water partition coefficient (Wildman–Crippen LogP) is 2.87. The van der Waals surface area contributed by atoms with Crippen molar-refractivity contribution in [3.8, 4) is 5.75 Å². The molecule has 2 aromatic heterocycles. The third-order valence-corrected chi connectivity index (χ3v) is 6.70. The summed E-state index contributed by atoms with van der Waals surface area (Å²) >= 11 is 1.34. The summed E-state index contributed by atoms with van der Waals surface area (Å²) in [4.78, 5) is 0.757. The Morgan fingerprint density at radius 2 is 2.12 bits per heavy atom. The fourth-order valence-corrected chi connectivity index (χ4v) is 4.80. The number of sulfonamides is 1. The van der Waals surface area contributed by atoms with Gasteiger partial charge in [-0.15, -0.1) is 11.3 Å². The van der Waals surface area contributed by atoms with Gasteiger partial charge in [-0.3, -0.25) is 0 Å². The van der Waals surface area contributed by atoms with E-state index in [4.69, 9.17) is 9.15 Å². The van der Waals surface area contributed by atoms with Gasteiger partial charge in [0.1, 0.15) is 11.4 Å². The van der Waals surface area contributed by atoms with Gasteiger partial charge in [-0.25, -0.2) is 13.1 Å². The van der Waals surface area contributed by atoms with Crippen LogP contribution in [-0.2, 0) is 15.6 Å². The highest BCUT2D eigenvalue weighted by Gasteiger charge is 2.35. The molecule has 0 radical (unpaired) electrons. The molecule has 0 aliphatic carbocycles. The molecule has 0 unspecified atom stereocenters. The molecule has 0 fully saturated rings. The van der Waals surface area contributed by atoms with Gasteiger partial charge in [0.15, 0.2) is 0 Å². The molecule has 0 aliphatic heterocycles. The number of aliphatic hydroxyl groups is 1. The average Bonchev–Trinajstić information content (AvgIpc) is 3.33. The molecule has 6 nitrogen and oxygen atoms in total. The number of thiophene rings is 1. The van der Waals surface area contributed by atoms with Crippen molar-refractivity contribution in [3.05, 3.63) is 70.3 Å². The minimum absolute atomic E-state index is 0.138. The van der Waals surface area contributed by atoms with Crippen LogP contribution in [0.3, 0.4) is 0 Å². The average molecular weight is 393 g/mol. The Morgan fingerprint density at radius 3 is 2.69 bits per heavy atom. The van der Waals surface area contributed by atoms with Crippen molar-refractivity contribution in [2.75, 3.05) is 13.7 Å². The molecule has 0 bridgehead atoms. The van der Waals surface area contributed by atoms with E-state index in [1.165, 1.54) is 37.0 Å². The zero-order valence-electron chi connectivity index (χ0n) is 14.3. The third kappa shape index (κ3) is 3.54. The number of rotatable bonds is 7. The molecule has 0 amide bonds. The first-order valence-electron chi connectivity index (χ1n) is 7.80. The molecule has 1 atom stereocenters. The van der Waals surface area contributed by atoms with Crippen molar-refractivity contribution in [2.45, 2.75) is 17.4 Å². The number of benzene rings is 1. The van der Waals surface area contributed by atoms with Crippen LogP contribution < -0.4 is 9.46 Å². The number of ether oxygens (including phenoxy) is 1. The van der Waals surface area contributed by atoms with Gasteiger partial charge in [-0.1, -0.05) is 6.07 Å². The van der Waals surface area contributed by atoms with E-state index in [0.717, 1.165) is 0 Å². The molecule has 0 spiro atoms. The Labute approximate surface area is 156 Å². The summed E-state index contributed by atoms with van der Waals surface area (Å²) in [5.41, 5.74) is -0.483. The van der Waals surface area contributed by atoms with Crippen LogP contribution >= 0.6 is 11.3 Å². The van der Waals surface area contributed by atoms with Crippen molar-refractivity contribution >= 4 is 21.4 Å². The summed E-state index contributed by atoms with van der Waals surface area (Å²) in [6.45, 7) is 1.47. The summed E-state index contributed by atoms with van der Waals surface area (Å²) in [5.74, 6) is 0.579. The maximum atomic E-state index is 12.8. The first-order chi connectivity index (χ1) is 12.4. The van der Waals surface area contributed by atoms with E-state index in [-0.39, 0.29) is 11.4 Å². The summed E-state index contributed by atoms with van der Waals surface area (Å²) in [6.07, 6.45) is 2.85. The Balaban J connectivity index is 1.90. The van der Waals surface area contributed by atoms with Crippen LogP contribution in [0.2, 0.25) is 0 Å². The molecule has 3 rings (SSSR count). The molecule has 2 heterocycles. The lowest BCUT2D eigenvalue weighted by atomic mass is 9.95. The molecule has 0 aliphatic rings. The summed E-state index contributed by atoms with van der Waals surface area (Å²) in [5, 5.41) is 13.0. The minimum atomic E-state index is -3.82. The van der Waals surface area contributed by atoms with Gasteiger partial charge < -0.3 is 14.3 Å². The number of aryl methyl sites for hydroxylation is 1. The fraction of sp³-hybridized carbons (Fsp3) is 0.222. The number of hydrogen-bond donors (Lipinski definition) is 2. The van der Waals surface area contributed by atoms with Gasteiger partial charge in [0.25, 0.3) is 0 Å². The molecule has 0 saturated heterocycles. The molecular formula is C18H19NO5S2. The van der Waals surface area contributed by atoms with E-state index in [1.807, 2.05) is 5.38 Å². The van der Waals surface area contributed by atoms with Crippen LogP contribution in [0.15, 0.2) is 63.6 Å². The van der Waals surface area contributed by atoms with E-state index in [2.05, 4.69) is 4.72 Å². The summed E-state index contributed by atoms with van der Waals surface area (Å²) < 4.78 is 38.2. The van der Waals surface area contributed by atoms with Gasteiger partial charge in [0.05, 0.1) is 24.5 Å². The van der Waals surface area contributed by atoms with Crippen molar-refractivity contribution in [1.82, 2.24) is 4.72 Å². The standard InChI is InChI=1S/C18H19NO5S2/c1-13-10-15(23-2)5-6-16(13)26(21,22)19-12-18(20,14-7-8-24-11-14)17-4-3-9-25-17/h3-11,19-20H,12H2,1-2H3/t18-/m1/s1. The van der Waals surface area contributed by atoms with E-state index >= 15 is 0 Å². The van der Waals surface area contributed by atoms with Crippen LogP contribution in [0.5, 0.6) is 5.75 Å². The smallest absolute Gasteiger partial charge is 0.240 e. The zero-order chi connectivity index (χ0) is 18.8. The second-order valence-electron chi connectivity index (χ2n) is 5.81. The number of hydrogen-bond acceptors (Lipinski definition) is 6. The third-order valence-electron chi connectivity index (χ3n) is 4.12. The Kier molecular flexibility index (Phi) is 5.19. The molecule has 138 valence electrons. The fourth-order valence-electron chi connectivity index (χ4n) is 2.67. The molecule has 3 aromatic rings. The number of nitrogens with one attached hydrogen (secondary N) is 1. The molecule has 26 heavy (non-hydrogen) atoms. The van der Waals surface area contributed by atoms with Gasteiger partial charge in [0, 0.05) is 17.0 Å². The highest BCUT2D eigenvalue weighted by atomic mass is 32.2. The molecule has 8 heteroatoms. The van der Waals surface area contributed by atoms with E-state index < -0.39 is 15.6 Å². The molecule has 0 saturated carbocycles. The van der Waals surface area contributed by atoms with E-state index in [0.29, 0.717) is 21.8 Å². The lowest BCUT2D eigenvalue weighted by Gasteiger charge is -2.26. The largest absolute Gasteiger partial charge is 0.497 e. The quantitative estimate of drug-likeness (QED) is 0.644. The number of methoxy groups -OCH3 is 1. The first kappa shape index (κ1) is 18.7. The van der Waals surface area contributed by atoms with Crippen LogP contribution in [0, 0.1) is 6.92 Å². The summed E-state index contributed by atoms with van der Waals surface area (Å²) in [7, 11) is -2.30. The number of furan rings is 1. The van der Waals surface area contributed by atoms with Gasteiger partial charge in [-0.2, -0.15) is 0 Å². The van der Waals surface area contributed by atoms with E-state index in [1.54, 1.807) is 37.3 Å². The normalized spacial score (nSPS) is 14.1. The van der Waals surface area contributed by atoms with Crippen LogP contribution in [-0.4, -0.2) is 27.2 Å². The maximum absolute atomic E-state index is 12.8. The topological polar surface area (TPSA) is 88.8 Å². The van der Waals surface area contributed by atoms with E-state index in [9.17, 15) is 13.5 Å². The Bertz CT molecular complexity index is 929. The maximum Gasteiger partial charge on any atom is 0.240 e. The zero-order valence-corrected chi connectivity index (χ0v) is 15.9. The lowest BCUT2D eigenvalue weighted by molar-refractivity contribution is 0.0891. The SMILES string of the molecule is COc1ccc(S(=O)(=O)NC[C@@](O)(c2ccoc2)c2cccs2)c(C)c1. The Hall–Kier alpha value is -2.13. The molecule has 1 aromatic carbocycles. The second kappa shape index (κ2) is 7.24. The highest BCUT2D eigenvalue weighted by Crippen LogP contribution is 2.33. The molecule has 2 N–H and O–H groups in total. The Morgan fingerprint density at radius 1 is 1.31 bits per heavy atom. The van der Waals surface area contributed by atoms with Crippen LogP contribution in [0.25, 0.3) is 0 Å². The van der Waals surface area contributed by atoms with Gasteiger partial charge in [-0.05, 0) is 48.2 Å². The minimum Gasteiger partial charge on any atom is -0.497 e. The van der Waals surface area contributed by atoms with Crippen LogP contribution in [0.1, 0.15) is 16.0 Å². The highest BCUT2D eigenvalue weighted by molar-refractivity contribution is 7.89. The monoisotopic (exact) mass is 393 g/mol. The predicted molar refractivity (Wildman–Crippen MR) is 98.9 cm³/mol. The lowest BCUT2D eigenvalue weighted by Crippen LogP contribution is -2.41. The second-order valence-corrected chi connectivity index (χ2v) is 8.49. The van der Waals surface area contributed by atoms with Gasteiger partial charge >= 0.3 is 0 Å². The van der Waals surface area contributed by atoms with Crippen molar-refractivity contribution in [3.63, 3.8) is 0 Å². The van der Waals surface area contributed by atoms with Gasteiger partial charge in [0.2, 0.25) is 10.0 Å². The summed E-state index contributed by atoms with van der Waals surface area (Å²) in [6, 6.07) is 9.89.